The van der Waals surface area contributed by atoms with Gasteiger partial charge in [-0.2, -0.15) is 4.99 Å². The van der Waals surface area contributed by atoms with Crippen LogP contribution in [0.15, 0.2) is 47.5 Å². The molecule has 2 aromatic carbocycles. The second-order valence-corrected chi connectivity index (χ2v) is 6.30. The van der Waals surface area contributed by atoms with E-state index in [0.29, 0.717) is 21.8 Å². The largest absolute Gasteiger partial charge is 0.496 e. The van der Waals surface area contributed by atoms with Crippen molar-refractivity contribution in [3.05, 3.63) is 52.8 Å². The number of hydrogen-bond acceptors (Lipinski definition) is 5. The van der Waals surface area contributed by atoms with Crippen LogP contribution in [0.4, 0.5) is 0 Å². The zero-order valence-corrected chi connectivity index (χ0v) is 14.9. The highest BCUT2D eigenvalue weighted by molar-refractivity contribution is 7.16. The van der Waals surface area contributed by atoms with Gasteiger partial charge in [0.05, 0.1) is 24.4 Å². The fourth-order valence-corrected chi connectivity index (χ4v) is 3.63. The minimum Gasteiger partial charge on any atom is -0.496 e. The molecule has 0 saturated heterocycles. The molecule has 7 nitrogen and oxygen atoms in total. The van der Waals surface area contributed by atoms with Crippen LogP contribution in [0.1, 0.15) is 10.4 Å². The molecule has 1 amide bonds. The summed E-state index contributed by atoms with van der Waals surface area (Å²) in [5.41, 5.74) is 0.898. The number of aliphatic carboxylic acids is 1. The van der Waals surface area contributed by atoms with Gasteiger partial charge in [0.25, 0.3) is 5.91 Å². The molecule has 26 heavy (non-hydrogen) atoms. The summed E-state index contributed by atoms with van der Waals surface area (Å²) in [6, 6.07) is 12.3. The van der Waals surface area contributed by atoms with Crippen molar-refractivity contribution in [2.45, 2.75) is 6.54 Å². The molecule has 0 fully saturated rings. The lowest BCUT2D eigenvalue weighted by Crippen LogP contribution is -2.21. The van der Waals surface area contributed by atoms with Gasteiger partial charge in [0.1, 0.15) is 23.6 Å². The molecule has 1 N–H and O–H groups in total. The Morgan fingerprint density at radius 1 is 1.08 bits per heavy atom. The van der Waals surface area contributed by atoms with Crippen molar-refractivity contribution >= 4 is 33.4 Å². The third-order valence-corrected chi connectivity index (χ3v) is 4.78. The predicted molar refractivity (Wildman–Crippen MR) is 96.9 cm³/mol. The van der Waals surface area contributed by atoms with Crippen molar-refractivity contribution in [2.75, 3.05) is 14.2 Å². The molecule has 0 bridgehead atoms. The number of benzene rings is 2. The number of thiazole rings is 1. The number of aromatic nitrogens is 1. The van der Waals surface area contributed by atoms with E-state index in [9.17, 15) is 14.7 Å². The maximum absolute atomic E-state index is 12.8. The fraction of sp³-hybridized carbons (Fsp3) is 0.167. The molecule has 3 rings (SSSR count). The molecule has 0 aliphatic rings. The topological polar surface area (TPSA) is 90.1 Å². The molecule has 1 heterocycles. The number of rotatable bonds is 5. The Hall–Kier alpha value is -3.13. The molecule has 0 saturated carbocycles. The van der Waals surface area contributed by atoms with Gasteiger partial charge in [0.2, 0.25) is 0 Å². The molecule has 0 aliphatic heterocycles. The van der Waals surface area contributed by atoms with E-state index in [0.717, 1.165) is 4.70 Å². The van der Waals surface area contributed by atoms with E-state index < -0.39 is 11.9 Å². The van der Waals surface area contributed by atoms with Crippen LogP contribution < -0.4 is 14.3 Å². The molecule has 134 valence electrons. The molecule has 3 aromatic rings. The Morgan fingerprint density at radius 2 is 1.73 bits per heavy atom. The summed E-state index contributed by atoms with van der Waals surface area (Å²) in [6.45, 7) is -0.292. The Balaban J connectivity index is 2.19. The second kappa shape index (κ2) is 7.40. The Morgan fingerprint density at radius 3 is 2.35 bits per heavy atom. The van der Waals surface area contributed by atoms with Gasteiger partial charge in [0.15, 0.2) is 4.80 Å². The predicted octanol–water partition coefficient (Wildman–Crippen LogP) is 2.55. The SMILES string of the molecule is COc1cccc(OC)c1C(=O)N=c1sc2ccccc2n1CC(=O)O. The molecule has 0 unspecified atom stereocenters. The summed E-state index contributed by atoms with van der Waals surface area (Å²) in [4.78, 5) is 28.5. The Labute approximate surface area is 152 Å². The minimum atomic E-state index is -1.02. The van der Waals surface area contributed by atoms with Crippen molar-refractivity contribution in [1.29, 1.82) is 0 Å². The lowest BCUT2D eigenvalue weighted by Gasteiger charge is -2.09. The smallest absolute Gasteiger partial charge is 0.323 e. The molecule has 0 radical (unpaired) electrons. The van der Waals surface area contributed by atoms with Gasteiger partial charge in [-0.1, -0.05) is 29.5 Å². The number of amides is 1. The Bertz CT molecular complexity index is 1030. The number of carboxylic acids is 1. The van der Waals surface area contributed by atoms with Gasteiger partial charge in [-0.3, -0.25) is 9.59 Å². The zero-order chi connectivity index (χ0) is 18.7. The van der Waals surface area contributed by atoms with Crippen LogP contribution in [-0.4, -0.2) is 35.8 Å². The number of para-hydroxylation sites is 1. The van der Waals surface area contributed by atoms with Gasteiger partial charge in [-0.25, -0.2) is 0 Å². The number of fused-ring (bicyclic) bond motifs is 1. The molecule has 0 atom stereocenters. The standard InChI is InChI=1S/C18H16N2O5S/c1-24-12-7-5-8-13(25-2)16(12)17(23)19-18-20(10-15(21)22)11-6-3-4-9-14(11)26-18/h3-9H,10H2,1-2H3,(H,21,22). The number of carbonyl (C=O) groups excluding carboxylic acids is 1. The summed E-state index contributed by atoms with van der Waals surface area (Å²) in [5, 5.41) is 9.20. The molecular weight excluding hydrogens is 356 g/mol. The minimum absolute atomic E-state index is 0.192. The lowest BCUT2D eigenvalue weighted by molar-refractivity contribution is -0.137. The van der Waals surface area contributed by atoms with Crippen LogP contribution in [0, 0.1) is 0 Å². The quantitative estimate of drug-likeness (QED) is 0.743. The number of nitrogens with zero attached hydrogens (tertiary/aromatic N) is 2. The third kappa shape index (κ3) is 3.31. The highest BCUT2D eigenvalue weighted by Gasteiger charge is 2.19. The van der Waals surface area contributed by atoms with Crippen molar-refractivity contribution in [2.24, 2.45) is 4.99 Å². The first-order valence-corrected chi connectivity index (χ1v) is 8.47. The number of ether oxygens (including phenoxy) is 2. The van der Waals surface area contributed by atoms with Crippen molar-refractivity contribution in [3.63, 3.8) is 0 Å². The van der Waals surface area contributed by atoms with Crippen LogP contribution in [0.25, 0.3) is 10.2 Å². The molecule has 0 aliphatic carbocycles. The number of carbonyl (C=O) groups is 2. The lowest BCUT2D eigenvalue weighted by atomic mass is 10.1. The van der Waals surface area contributed by atoms with Crippen molar-refractivity contribution in [3.8, 4) is 11.5 Å². The summed E-state index contributed by atoms with van der Waals surface area (Å²) in [6.07, 6.45) is 0. The van der Waals surface area contributed by atoms with Gasteiger partial charge < -0.3 is 19.1 Å². The fourth-order valence-electron chi connectivity index (χ4n) is 2.60. The maximum atomic E-state index is 12.8. The monoisotopic (exact) mass is 372 g/mol. The average molecular weight is 372 g/mol. The maximum Gasteiger partial charge on any atom is 0.323 e. The van der Waals surface area contributed by atoms with Crippen LogP contribution in [-0.2, 0) is 11.3 Å². The van der Waals surface area contributed by atoms with E-state index >= 15 is 0 Å². The van der Waals surface area contributed by atoms with Crippen LogP contribution in [0.2, 0.25) is 0 Å². The first-order valence-electron chi connectivity index (χ1n) is 7.65. The van der Waals surface area contributed by atoms with Gasteiger partial charge in [-0.05, 0) is 24.3 Å². The number of methoxy groups -OCH3 is 2. The summed E-state index contributed by atoms with van der Waals surface area (Å²) >= 11 is 1.25. The Kier molecular flexibility index (Phi) is 5.04. The van der Waals surface area contributed by atoms with Crippen LogP contribution >= 0.6 is 11.3 Å². The zero-order valence-electron chi connectivity index (χ0n) is 14.1. The van der Waals surface area contributed by atoms with Crippen molar-refractivity contribution in [1.82, 2.24) is 4.57 Å². The normalized spacial score (nSPS) is 11.5. The third-order valence-electron chi connectivity index (χ3n) is 3.72. The first-order chi connectivity index (χ1) is 12.5. The summed E-state index contributed by atoms with van der Waals surface area (Å²) in [5.74, 6) is -0.907. The van der Waals surface area contributed by atoms with E-state index in [2.05, 4.69) is 4.99 Å². The molecular formula is C18H16N2O5S. The summed E-state index contributed by atoms with van der Waals surface area (Å²) in [7, 11) is 2.91. The van der Waals surface area contributed by atoms with Gasteiger partial charge in [0, 0.05) is 0 Å². The molecule has 8 heteroatoms. The van der Waals surface area contributed by atoms with E-state index in [4.69, 9.17) is 9.47 Å². The van der Waals surface area contributed by atoms with E-state index in [1.165, 1.54) is 30.1 Å². The summed E-state index contributed by atoms with van der Waals surface area (Å²) < 4.78 is 12.8. The first kappa shape index (κ1) is 17.7. The second-order valence-electron chi connectivity index (χ2n) is 5.29. The highest BCUT2D eigenvalue weighted by atomic mass is 32.1. The number of carboxylic acid groups (broad SMARTS) is 1. The van der Waals surface area contributed by atoms with Gasteiger partial charge in [-0.15, -0.1) is 0 Å². The number of hydrogen-bond donors (Lipinski definition) is 1. The molecule has 0 spiro atoms. The van der Waals surface area contributed by atoms with Crippen LogP contribution in [0.5, 0.6) is 11.5 Å². The van der Waals surface area contributed by atoms with Crippen molar-refractivity contribution < 1.29 is 24.2 Å². The van der Waals surface area contributed by atoms with E-state index in [-0.39, 0.29) is 12.1 Å². The van der Waals surface area contributed by atoms with Crippen LogP contribution in [0.3, 0.4) is 0 Å². The molecule has 1 aromatic heterocycles. The highest BCUT2D eigenvalue weighted by Crippen LogP contribution is 2.29. The average Bonchev–Trinajstić information content (AvgIpc) is 2.97. The van der Waals surface area contributed by atoms with E-state index in [1.54, 1.807) is 24.3 Å². The van der Waals surface area contributed by atoms with E-state index in [1.807, 2.05) is 18.2 Å². The van der Waals surface area contributed by atoms with Gasteiger partial charge >= 0.3 is 5.97 Å².